The van der Waals surface area contributed by atoms with Crippen LogP contribution in [0, 0.1) is 0 Å². The van der Waals surface area contributed by atoms with E-state index in [1.165, 1.54) is 17.8 Å². The van der Waals surface area contributed by atoms with Crippen LogP contribution in [0.15, 0.2) is 5.38 Å². The Hall–Kier alpha value is -0.160. The smallest absolute Gasteiger partial charge is 0.107 e. The van der Waals surface area contributed by atoms with Crippen LogP contribution < -0.4 is 0 Å². The third-order valence-corrected chi connectivity index (χ3v) is 3.88. The second-order valence-electron chi connectivity index (χ2n) is 4.06. The molecule has 16 heavy (non-hydrogen) atoms. The lowest BCUT2D eigenvalue weighted by molar-refractivity contribution is 0.139. The lowest BCUT2D eigenvalue weighted by atomic mass is 10.4. The fourth-order valence-corrected chi connectivity index (χ4v) is 2.74. The number of nitrogens with zero attached hydrogens (tertiary/aromatic N) is 2. The van der Waals surface area contributed by atoms with Gasteiger partial charge in [-0.1, -0.05) is 0 Å². The fourth-order valence-electron chi connectivity index (χ4n) is 1.70. The maximum absolute atomic E-state index is 5.75. The molecule has 0 bridgehead atoms. The van der Waals surface area contributed by atoms with Crippen LogP contribution in [0.25, 0.3) is 0 Å². The first-order chi connectivity index (χ1) is 7.83. The third-order valence-electron chi connectivity index (χ3n) is 2.72. The molecule has 1 fully saturated rings. The number of hydrogen-bond acceptors (Lipinski definition) is 4. The van der Waals surface area contributed by atoms with Gasteiger partial charge in [-0.15, -0.1) is 22.9 Å². The average molecular weight is 261 g/mol. The van der Waals surface area contributed by atoms with Crippen molar-refractivity contribution in [3.05, 3.63) is 16.1 Å². The van der Waals surface area contributed by atoms with Crippen LogP contribution in [-0.4, -0.2) is 36.2 Å². The molecular weight excluding hydrogens is 244 g/mol. The molecule has 1 aliphatic rings. The van der Waals surface area contributed by atoms with Crippen LogP contribution in [0.1, 0.15) is 23.5 Å². The maximum atomic E-state index is 5.75. The number of halogens is 1. The number of thiazole rings is 1. The van der Waals surface area contributed by atoms with Gasteiger partial charge in [-0.05, 0) is 12.8 Å². The van der Waals surface area contributed by atoms with Gasteiger partial charge in [-0.2, -0.15) is 0 Å². The summed E-state index contributed by atoms with van der Waals surface area (Å²) in [6, 6.07) is 0.749. The molecule has 0 atom stereocenters. The molecule has 1 aromatic rings. The van der Waals surface area contributed by atoms with Gasteiger partial charge in [-0.3, -0.25) is 4.90 Å². The zero-order valence-corrected chi connectivity index (χ0v) is 11.1. The van der Waals surface area contributed by atoms with Crippen LogP contribution in [0.2, 0.25) is 0 Å². The molecule has 1 aliphatic carbocycles. The van der Waals surface area contributed by atoms with Gasteiger partial charge in [0.2, 0.25) is 0 Å². The molecule has 0 N–H and O–H groups in total. The minimum atomic E-state index is 0.512. The van der Waals surface area contributed by atoms with E-state index in [1.807, 2.05) is 5.38 Å². The molecule has 1 heterocycles. The van der Waals surface area contributed by atoms with E-state index in [-0.39, 0.29) is 0 Å². The van der Waals surface area contributed by atoms with Crippen LogP contribution >= 0.6 is 22.9 Å². The summed E-state index contributed by atoms with van der Waals surface area (Å²) in [6.07, 6.45) is 2.63. The van der Waals surface area contributed by atoms with E-state index in [2.05, 4.69) is 9.88 Å². The lowest BCUT2D eigenvalue weighted by Crippen LogP contribution is -2.29. The number of ether oxygens (including phenoxy) is 1. The van der Waals surface area contributed by atoms with Gasteiger partial charge in [0.1, 0.15) is 5.01 Å². The average Bonchev–Trinajstić information content (AvgIpc) is 3.05. The highest BCUT2D eigenvalue weighted by Crippen LogP contribution is 2.28. The molecule has 0 aromatic carbocycles. The topological polar surface area (TPSA) is 25.4 Å². The van der Waals surface area contributed by atoms with Crippen molar-refractivity contribution in [2.75, 3.05) is 20.3 Å². The first-order valence-electron chi connectivity index (χ1n) is 5.55. The molecule has 2 rings (SSSR count). The normalized spacial score (nSPS) is 15.9. The molecule has 5 heteroatoms. The summed E-state index contributed by atoms with van der Waals surface area (Å²) in [4.78, 5) is 6.95. The highest BCUT2D eigenvalue weighted by atomic mass is 35.5. The Balaban J connectivity index is 1.88. The number of methoxy groups -OCH3 is 1. The molecule has 0 unspecified atom stereocenters. The summed E-state index contributed by atoms with van der Waals surface area (Å²) in [7, 11) is 1.75. The van der Waals surface area contributed by atoms with E-state index in [9.17, 15) is 0 Å². The van der Waals surface area contributed by atoms with Crippen LogP contribution in [0.3, 0.4) is 0 Å². The molecule has 0 amide bonds. The molecular formula is C11H17ClN2OS. The van der Waals surface area contributed by atoms with Gasteiger partial charge in [0.25, 0.3) is 0 Å². The maximum Gasteiger partial charge on any atom is 0.107 e. The SMILES string of the molecule is COCCN(Cc1nc(CCl)cs1)C1CC1. The largest absolute Gasteiger partial charge is 0.383 e. The second-order valence-corrected chi connectivity index (χ2v) is 5.27. The van der Waals surface area contributed by atoms with Gasteiger partial charge in [0.15, 0.2) is 0 Å². The second kappa shape index (κ2) is 5.96. The summed E-state index contributed by atoms with van der Waals surface area (Å²) in [5.74, 6) is 0.512. The van der Waals surface area contributed by atoms with E-state index in [0.717, 1.165) is 31.4 Å². The Labute approximate surface area is 105 Å². The van der Waals surface area contributed by atoms with Crippen molar-refractivity contribution in [3.8, 4) is 0 Å². The minimum Gasteiger partial charge on any atom is -0.383 e. The minimum absolute atomic E-state index is 0.512. The highest BCUT2D eigenvalue weighted by molar-refractivity contribution is 7.09. The zero-order valence-electron chi connectivity index (χ0n) is 9.49. The monoisotopic (exact) mass is 260 g/mol. The number of alkyl halides is 1. The Kier molecular flexibility index (Phi) is 4.58. The van der Waals surface area contributed by atoms with Crippen molar-refractivity contribution in [1.82, 2.24) is 9.88 Å². The summed E-state index contributed by atoms with van der Waals surface area (Å²) < 4.78 is 5.13. The Bertz CT molecular complexity index is 328. The Morgan fingerprint density at radius 2 is 2.44 bits per heavy atom. The first kappa shape index (κ1) is 12.3. The quantitative estimate of drug-likeness (QED) is 0.705. The predicted molar refractivity (Wildman–Crippen MR) is 67.0 cm³/mol. The van der Waals surface area contributed by atoms with Gasteiger partial charge in [0, 0.05) is 25.1 Å². The van der Waals surface area contributed by atoms with Gasteiger partial charge >= 0.3 is 0 Å². The van der Waals surface area contributed by atoms with E-state index in [4.69, 9.17) is 16.3 Å². The summed E-state index contributed by atoms with van der Waals surface area (Å²) in [6.45, 7) is 2.73. The molecule has 1 aromatic heterocycles. The number of rotatable bonds is 7. The van der Waals surface area contributed by atoms with Gasteiger partial charge < -0.3 is 4.74 Å². The molecule has 0 radical (unpaired) electrons. The predicted octanol–water partition coefficient (Wildman–Crippen LogP) is 2.49. The fraction of sp³-hybridized carbons (Fsp3) is 0.727. The van der Waals surface area contributed by atoms with Crippen LogP contribution in [-0.2, 0) is 17.2 Å². The summed E-state index contributed by atoms with van der Waals surface area (Å²) in [5, 5.41) is 3.21. The molecule has 0 saturated heterocycles. The van der Waals surface area contributed by atoms with Crippen molar-refractivity contribution in [2.24, 2.45) is 0 Å². The molecule has 90 valence electrons. The van der Waals surface area contributed by atoms with E-state index in [0.29, 0.717) is 5.88 Å². The Morgan fingerprint density at radius 3 is 3.00 bits per heavy atom. The lowest BCUT2D eigenvalue weighted by Gasteiger charge is -2.19. The zero-order chi connectivity index (χ0) is 11.4. The van der Waals surface area contributed by atoms with Gasteiger partial charge in [0.05, 0.1) is 24.7 Å². The number of hydrogen-bond donors (Lipinski definition) is 0. The van der Waals surface area contributed by atoms with Crippen molar-refractivity contribution >= 4 is 22.9 Å². The van der Waals surface area contributed by atoms with Crippen LogP contribution in [0.5, 0.6) is 0 Å². The van der Waals surface area contributed by atoms with Crippen LogP contribution in [0.4, 0.5) is 0 Å². The van der Waals surface area contributed by atoms with Gasteiger partial charge in [-0.25, -0.2) is 4.98 Å². The molecule has 3 nitrogen and oxygen atoms in total. The van der Waals surface area contributed by atoms with Crippen molar-refractivity contribution in [3.63, 3.8) is 0 Å². The molecule has 1 saturated carbocycles. The van der Waals surface area contributed by atoms with E-state index in [1.54, 1.807) is 18.4 Å². The molecule has 0 spiro atoms. The van der Waals surface area contributed by atoms with Crippen molar-refractivity contribution in [1.29, 1.82) is 0 Å². The summed E-state index contributed by atoms with van der Waals surface area (Å²) >= 11 is 7.45. The highest BCUT2D eigenvalue weighted by Gasteiger charge is 2.29. The number of aromatic nitrogens is 1. The summed E-state index contributed by atoms with van der Waals surface area (Å²) in [5.41, 5.74) is 0.990. The van der Waals surface area contributed by atoms with Crippen molar-refractivity contribution < 1.29 is 4.74 Å². The first-order valence-corrected chi connectivity index (χ1v) is 6.97. The standard InChI is InChI=1S/C11H17ClN2OS/c1-15-5-4-14(10-2-3-10)7-11-13-9(6-12)8-16-11/h8,10H,2-7H2,1H3. The van der Waals surface area contributed by atoms with E-state index >= 15 is 0 Å². The van der Waals surface area contributed by atoms with Crippen molar-refractivity contribution in [2.45, 2.75) is 31.3 Å². The Morgan fingerprint density at radius 1 is 1.62 bits per heavy atom. The third kappa shape index (κ3) is 3.42. The van der Waals surface area contributed by atoms with E-state index < -0.39 is 0 Å². The molecule has 0 aliphatic heterocycles.